The number of nitrogens with zero attached hydrogens (tertiary/aromatic N) is 2. The molecule has 2 heterocycles. The highest BCUT2D eigenvalue weighted by atomic mass is 16.5. The second-order valence-corrected chi connectivity index (χ2v) is 4.26. The Labute approximate surface area is 101 Å². The third kappa shape index (κ3) is 3.49. The Morgan fingerprint density at radius 3 is 3.18 bits per heavy atom. The molecule has 2 rings (SSSR count). The fourth-order valence-electron chi connectivity index (χ4n) is 1.93. The zero-order chi connectivity index (χ0) is 12.1. The van der Waals surface area contributed by atoms with E-state index < -0.39 is 0 Å². The van der Waals surface area contributed by atoms with E-state index in [1.807, 2.05) is 0 Å². The summed E-state index contributed by atoms with van der Waals surface area (Å²) in [7, 11) is 1.60. The minimum atomic E-state index is 0.301. The molecule has 0 aliphatic carbocycles. The van der Waals surface area contributed by atoms with Gasteiger partial charge in [0.25, 0.3) is 0 Å². The summed E-state index contributed by atoms with van der Waals surface area (Å²) in [5, 5.41) is 7.13. The fraction of sp³-hybridized carbons (Fsp3) is 0.818. The van der Waals surface area contributed by atoms with Gasteiger partial charge in [0.05, 0.1) is 12.6 Å². The van der Waals surface area contributed by atoms with Crippen LogP contribution < -0.4 is 5.32 Å². The molecule has 1 aromatic rings. The predicted molar refractivity (Wildman–Crippen MR) is 60.3 cm³/mol. The van der Waals surface area contributed by atoms with Crippen molar-refractivity contribution in [1.29, 1.82) is 0 Å². The fourth-order valence-corrected chi connectivity index (χ4v) is 1.93. The van der Waals surface area contributed by atoms with E-state index in [0.717, 1.165) is 19.4 Å². The molecule has 1 aliphatic rings. The molecular formula is C11H19N3O3. The van der Waals surface area contributed by atoms with Gasteiger partial charge in [0.15, 0.2) is 5.82 Å². The molecular weight excluding hydrogens is 222 g/mol. The molecule has 6 nitrogen and oxygen atoms in total. The molecule has 17 heavy (non-hydrogen) atoms. The number of nitrogens with one attached hydrogen (secondary N) is 1. The molecule has 0 spiro atoms. The third-order valence-corrected chi connectivity index (χ3v) is 2.88. The van der Waals surface area contributed by atoms with Crippen LogP contribution in [0.3, 0.4) is 0 Å². The maximum atomic E-state index is 5.60. The SMILES string of the molecule is COCc1noc(CN[C@@H](C)[C@@H]2CCCO2)n1. The lowest BCUT2D eigenvalue weighted by Gasteiger charge is -2.18. The molecule has 96 valence electrons. The zero-order valence-corrected chi connectivity index (χ0v) is 10.3. The summed E-state index contributed by atoms with van der Waals surface area (Å²) < 4.78 is 15.6. The van der Waals surface area contributed by atoms with Crippen molar-refractivity contribution < 1.29 is 14.0 Å². The Kier molecular flexibility index (Phi) is 4.47. The van der Waals surface area contributed by atoms with Crippen molar-refractivity contribution in [1.82, 2.24) is 15.5 Å². The van der Waals surface area contributed by atoms with Crippen LogP contribution in [0.2, 0.25) is 0 Å². The van der Waals surface area contributed by atoms with E-state index in [0.29, 0.717) is 37.0 Å². The average Bonchev–Trinajstić information content (AvgIpc) is 2.97. The Morgan fingerprint density at radius 2 is 2.47 bits per heavy atom. The van der Waals surface area contributed by atoms with Gasteiger partial charge in [-0.25, -0.2) is 0 Å². The van der Waals surface area contributed by atoms with E-state index in [4.69, 9.17) is 14.0 Å². The standard InChI is InChI=1S/C11H19N3O3/c1-8(9-4-3-5-16-9)12-6-11-13-10(7-15-2)14-17-11/h8-9,12H,3-7H2,1-2H3/t8-,9-/m0/s1. The third-order valence-electron chi connectivity index (χ3n) is 2.88. The first-order valence-corrected chi connectivity index (χ1v) is 5.95. The smallest absolute Gasteiger partial charge is 0.240 e. The zero-order valence-electron chi connectivity index (χ0n) is 10.3. The van der Waals surface area contributed by atoms with Gasteiger partial charge < -0.3 is 19.3 Å². The summed E-state index contributed by atoms with van der Waals surface area (Å²) in [6, 6.07) is 0.301. The van der Waals surface area contributed by atoms with Crippen LogP contribution in [0.15, 0.2) is 4.52 Å². The molecule has 1 N–H and O–H groups in total. The van der Waals surface area contributed by atoms with Gasteiger partial charge in [-0.2, -0.15) is 4.98 Å². The second-order valence-electron chi connectivity index (χ2n) is 4.26. The van der Waals surface area contributed by atoms with Gasteiger partial charge in [-0.15, -0.1) is 0 Å². The summed E-state index contributed by atoms with van der Waals surface area (Å²) >= 11 is 0. The van der Waals surface area contributed by atoms with Gasteiger partial charge >= 0.3 is 0 Å². The van der Waals surface area contributed by atoms with E-state index in [-0.39, 0.29) is 0 Å². The van der Waals surface area contributed by atoms with Crippen LogP contribution in [0.4, 0.5) is 0 Å². The van der Waals surface area contributed by atoms with Gasteiger partial charge in [0, 0.05) is 19.8 Å². The van der Waals surface area contributed by atoms with Crippen LogP contribution in [0.5, 0.6) is 0 Å². The Bertz CT molecular complexity index is 336. The maximum absolute atomic E-state index is 5.60. The molecule has 0 amide bonds. The molecule has 0 bridgehead atoms. The molecule has 0 radical (unpaired) electrons. The van der Waals surface area contributed by atoms with Crippen LogP contribution in [-0.2, 0) is 22.6 Å². The molecule has 1 aromatic heterocycles. The Balaban J connectivity index is 1.76. The summed E-state index contributed by atoms with van der Waals surface area (Å²) in [6.07, 6.45) is 2.57. The Hall–Kier alpha value is -0.980. The molecule has 0 unspecified atom stereocenters. The van der Waals surface area contributed by atoms with Crippen LogP contribution in [-0.4, -0.2) is 36.0 Å². The highest BCUT2D eigenvalue weighted by Gasteiger charge is 2.22. The van der Waals surface area contributed by atoms with E-state index in [2.05, 4.69) is 22.4 Å². The summed E-state index contributed by atoms with van der Waals surface area (Å²) in [4.78, 5) is 4.19. The summed E-state index contributed by atoms with van der Waals surface area (Å²) in [5.41, 5.74) is 0. The van der Waals surface area contributed by atoms with Crippen LogP contribution in [0.1, 0.15) is 31.5 Å². The lowest BCUT2D eigenvalue weighted by atomic mass is 10.1. The lowest BCUT2D eigenvalue weighted by Crippen LogP contribution is -2.36. The van der Waals surface area contributed by atoms with Crippen molar-refractivity contribution in [2.45, 2.75) is 45.1 Å². The Morgan fingerprint density at radius 1 is 1.59 bits per heavy atom. The maximum Gasteiger partial charge on any atom is 0.240 e. The monoisotopic (exact) mass is 241 g/mol. The largest absolute Gasteiger partial charge is 0.377 e. The van der Waals surface area contributed by atoms with Crippen LogP contribution in [0.25, 0.3) is 0 Å². The highest BCUT2D eigenvalue weighted by molar-refractivity contribution is 4.85. The summed E-state index contributed by atoms with van der Waals surface area (Å²) in [6.45, 7) is 3.93. The van der Waals surface area contributed by atoms with Crippen molar-refractivity contribution in [3.63, 3.8) is 0 Å². The first-order valence-electron chi connectivity index (χ1n) is 5.95. The number of aromatic nitrogens is 2. The molecule has 2 atom stereocenters. The normalized spacial score (nSPS) is 21.9. The van der Waals surface area contributed by atoms with Gasteiger partial charge in [-0.1, -0.05) is 5.16 Å². The predicted octanol–water partition coefficient (Wildman–Crippen LogP) is 0.873. The van der Waals surface area contributed by atoms with Crippen LogP contribution in [0, 0.1) is 0 Å². The highest BCUT2D eigenvalue weighted by Crippen LogP contribution is 2.15. The lowest BCUT2D eigenvalue weighted by molar-refractivity contribution is 0.0822. The van der Waals surface area contributed by atoms with E-state index in [1.54, 1.807) is 7.11 Å². The van der Waals surface area contributed by atoms with Gasteiger partial charge in [-0.3, -0.25) is 0 Å². The van der Waals surface area contributed by atoms with Gasteiger partial charge in [-0.05, 0) is 19.8 Å². The number of hydrogen-bond donors (Lipinski definition) is 1. The second kappa shape index (κ2) is 6.09. The van der Waals surface area contributed by atoms with Gasteiger partial charge in [0.2, 0.25) is 5.89 Å². The van der Waals surface area contributed by atoms with Crippen LogP contribution >= 0.6 is 0 Å². The minimum absolute atomic E-state index is 0.301. The van der Waals surface area contributed by atoms with Crippen molar-refractivity contribution in [2.75, 3.05) is 13.7 Å². The van der Waals surface area contributed by atoms with Crippen molar-refractivity contribution >= 4 is 0 Å². The average molecular weight is 241 g/mol. The topological polar surface area (TPSA) is 69.4 Å². The molecule has 1 saturated heterocycles. The van der Waals surface area contributed by atoms with Gasteiger partial charge in [0.1, 0.15) is 6.61 Å². The summed E-state index contributed by atoms with van der Waals surface area (Å²) in [5.74, 6) is 1.16. The van der Waals surface area contributed by atoms with Crippen molar-refractivity contribution in [3.05, 3.63) is 11.7 Å². The van der Waals surface area contributed by atoms with Crippen molar-refractivity contribution in [2.24, 2.45) is 0 Å². The number of rotatable bonds is 6. The van der Waals surface area contributed by atoms with E-state index in [9.17, 15) is 0 Å². The molecule has 1 aliphatic heterocycles. The number of methoxy groups -OCH3 is 1. The molecule has 0 aromatic carbocycles. The van der Waals surface area contributed by atoms with E-state index in [1.165, 1.54) is 0 Å². The number of ether oxygens (including phenoxy) is 2. The minimum Gasteiger partial charge on any atom is -0.377 e. The van der Waals surface area contributed by atoms with Crippen molar-refractivity contribution in [3.8, 4) is 0 Å². The number of hydrogen-bond acceptors (Lipinski definition) is 6. The molecule has 0 saturated carbocycles. The first-order chi connectivity index (χ1) is 8.29. The quantitative estimate of drug-likeness (QED) is 0.797. The van der Waals surface area contributed by atoms with E-state index >= 15 is 0 Å². The molecule has 1 fully saturated rings. The first kappa shape index (κ1) is 12.5. The molecule has 6 heteroatoms.